The maximum Gasteiger partial charge on any atom is 0.325 e. The highest BCUT2D eigenvalue weighted by molar-refractivity contribution is 14.1. The summed E-state index contributed by atoms with van der Waals surface area (Å²) in [5.41, 5.74) is 1.24. The van der Waals surface area contributed by atoms with Gasteiger partial charge in [0.15, 0.2) is 0 Å². The third kappa shape index (κ3) is 4.07. The van der Waals surface area contributed by atoms with Gasteiger partial charge in [0.1, 0.15) is 11.9 Å². The first-order valence-corrected chi connectivity index (χ1v) is 8.51. The molecule has 2 heterocycles. The average molecular weight is 469 g/mol. The van der Waals surface area contributed by atoms with E-state index in [1.165, 1.54) is 25.4 Å². The Morgan fingerprint density at radius 1 is 1.31 bits per heavy atom. The highest BCUT2D eigenvalue weighted by Crippen LogP contribution is 2.30. The standard InChI is InChI=1S/C16H13FIN5O3/c1-8(15(24)25)20-16-23-22-14(26-16)10-4-5-19-7-13(10)21-12-3-2-9(18)6-11(12)17/h2-8,21H,1H3,(H,20,23)(H,24,25). The summed E-state index contributed by atoms with van der Waals surface area (Å²) in [7, 11) is 0. The predicted octanol–water partition coefficient (Wildman–Crippen LogP) is 3.50. The van der Waals surface area contributed by atoms with Gasteiger partial charge in [-0.1, -0.05) is 5.10 Å². The monoisotopic (exact) mass is 469 g/mol. The second-order valence-electron chi connectivity index (χ2n) is 5.29. The summed E-state index contributed by atoms with van der Waals surface area (Å²) >= 11 is 2.02. The van der Waals surface area contributed by atoms with Crippen LogP contribution in [0.25, 0.3) is 11.5 Å². The molecule has 1 aromatic carbocycles. The van der Waals surface area contributed by atoms with Gasteiger partial charge in [-0.15, -0.1) is 5.10 Å². The van der Waals surface area contributed by atoms with Gasteiger partial charge in [0.05, 0.1) is 23.1 Å². The number of nitrogens with one attached hydrogen (secondary N) is 2. The van der Waals surface area contributed by atoms with Crippen LogP contribution in [0.2, 0.25) is 0 Å². The summed E-state index contributed by atoms with van der Waals surface area (Å²) in [5, 5.41) is 22.1. The van der Waals surface area contributed by atoms with Gasteiger partial charge < -0.3 is 20.2 Å². The molecule has 0 radical (unpaired) electrons. The zero-order valence-electron chi connectivity index (χ0n) is 13.4. The summed E-state index contributed by atoms with van der Waals surface area (Å²) in [6.07, 6.45) is 3.03. The van der Waals surface area contributed by atoms with Crippen LogP contribution < -0.4 is 10.6 Å². The van der Waals surface area contributed by atoms with Crippen LogP contribution in [0.5, 0.6) is 0 Å². The molecule has 0 fully saturated rings. The van der Waals surface area contributed by atoms with E-state index in [-0.39, 0.29) is 17.6 Å². The minimum absolute atomic E-state index is 0.0295. The van der Waals surface area contributed by atoms with Crippen molar-refractivity contribution in [1.82, 2.24) is 15.2 Å². The molecule has 8 nitrogen and oxygen atoms in total. The topological polar surface area (TPSA) is 113 Å². The molecule has 0 amide bonds. The van der Waals surface area contributed by atoms with Crippen molar-refractivity contribution in [1.29, 1.82) is 0 Å². The van der Waals surface area contributed by atoms with E-state index < -0.39 is 17.8 Å². The maximum atomic E-state index is 14.1. The Bertz CT molecular complexity index is 949. The summed E-state index contributed by atoms with van der Waals surface area (Å²) in [6, 6.07) is 5.50. The van der Waals surface area contributed by atoms with Crippen molar-refractivity contribution in [2.45, 2.75) is 13.0 Å². The smallest absolute Gasteiger partial charge is 0.325 e. The molecule has 10 heteroatoms. The van der Waals surface area contributed by atoms with Gasteiger partial charge in [-0.3, -0.25) is 9.78 Å². The molecule has 0 aliphatic heterocycles. The van der Waals surface area contributed by atoms with E-state index in [9.17, 15) is 9.18 Å². The Morgan fingerprint density at radius 3 is 2.85 bits per heavy atom. The third-order valence-electron chi connectivity index (χ3n) is 3.39. The molecule has 3 rings (SSSR count). The molecule has 0 aliphatic carbocycles. The molecule has 134 valence electrons. The lowest BCUT2D eigenvalue weighted by Crippen LogP contribution is -2.25. The van der Waals surface area contributed by atoms with Crippen LogP contribution in [0.3, 0.4) is 0 Å². The minimum atomic E-state index is -1.05. The fraction of sp³-hybridized carbons (Fsp3) is 0.125. The molecule has 3 aromatic rings. The van der Waals surface area contributed by atoms with E-state index in [4.69, 9.17) is 9.52 Å². The maximum absolute atomic E-state index is 14.1. The van der Waals surface area contributed by atoms with Crippen molar-refractivity contribution in [3.8, 4) is 11.5 Å². The average Bonchev–Trinajstić information content (AvgIpc) is 3.06. The number of carboxylic acid groups (broad SMARTS) is 1. The zero-order valence-corrected chi connectivity index (χ0v) is 15.6. The quantitative estimate of drug-likeness (QED) is 0.471. The van der Waals surface area contributed by atoms with Crippen LogP contribution in [0.1, 0.15) is 6.92 Å². The molecule has 0 saturated carbocycles. The molecule has 0 spiro atoms. The Morgan fingerprint density at radius 2 is 2.12 bits per heavy atom. The highest BCUT2D eigenvalue weighted by atomic mass is 127. The molecule has 1 unspecified atom stereocenters. The number of carbonyl (C=O) groups is 1. The van der Waals surface area contributed by atoms with Crippen molar-refractivity contribution in [2.75, 3.05) is 10.6 Å². The first-order chi connectivity index (χ1) is 12.4. The lowest BCUT2D eigenvalue weighted by Gasteiger charge is -2.10. The number of rotatable bonds is 6. The Balaban J connectivity index is 1.88. The number of halogens is 2. The molecule has 2 aromatic heterocycles. The van der Waals surface area contributed by atoms with Crippen molar-refractivity contribution in [2.24, 2.45) is 0 Å². The first-order valence-electron chi connectivity index (χ1n) is 7.43. The van der Waals surface area contributed by atoms with Gasteiger partial charge in [-0.25, -0.2) is 4.39 Å². The number of anilines is 3. The van der Waals surface area contributed by atoms with Crippen LogP contribution >= 0.6 is 22.6 Å². The third-order valence-corrected chi connectivity index (χ3v) is 4.06. The van der Waals surface area contributed by atoms with Crippen molar-refractivity contribution >= 4 is 45.9 Å². The lowest BCUT2D eigenvalue weighted by atomic mass is 10.2. The van der Waals surface area contributed by atoms with Gasteiger partial charge in [-0.2, -0.15) is 0 Å². The summed E-state index contributed by atoms with van der Waals surface area (Å²) in [5.74, 6) is -1.32. The Kier molecular flexibility index (Phi) is 5.30. The molecule has 0 saturated heterocycles. The lowest BCUT2D eigenvalue weighted by molar-refractivity contribution is -0.137. The number of benzene rings is 1. The van der Waals surface area contributed by atoms with Gasteiger partial charge in [0.25, 0.3) is 5.89 Å². The van der Waals surface area contributed by atoms with E-state index in [1.54, 1.807) is 18.2 Å². The number of hydrogen-bond donors (Lipinski definition) is 3. The molecule has 3 N–H and O–H groups in total. The number of carboxylic acids is 1. The fourth-order valence-electron chi connectivity index (χ4n) is 2.05. The molecule has 1 atom stereocenters. The largest absolute Gasteiger partial charge is 0.480 e. The normalized spacial score (nSPS) is 11.8. The van der Waals surface area contributed by atoms with Crippen LogP contribution in [-0.2, 0) is 4.79 Å². The predicted molar refractivity (Wildman–Crippen MR) is 101 cm³/mol. The number of hydrogen-bond acceptors (Lipinski definition) is 7. The molecular weight excluding hydrogens is 456 g/mol. The van der Waals surface area contributed by atoms with E-state index in [0.29, 0.717) is 11.3 Å². The first kappa shape index (κ1) is 18.0. The second-order valence-corrected chi connectivity index (χ2v) is 6.53. The molecule has 26 heavy (non-hydrogen) atoms. The van der Waals surface area contributed by atoms with E-state index in [0.717, 1.165) is 3.57 Å². The number of aliphatic carboxylic acids is 1. The van der Waals surface area contributed by atoms with Crippen molar-refractivity contribution in [3.63, 3.8) is 0 Å². The van der Waals surface area contributed by atoms with Crippen molar-refractivity contribution < 1.29 is 18.7 Å². The fourth-order valence-corrected chi connectivity index (χ4v) is 2.51. The number of pyridine rings is 1. The molecule has 0 bridgehead atoms. The van der Waals surface area contributed by atoms with E-state index in [1.807, 2.05) is 22.6 Å². The van der Waals surface area contributed by atoms with Crippen LogP contribution in [-0.4, -0.2) is 32.3 Å². The second kappa shape index (κ2) is 7.64. The van der Waals surface area contributed by atoms with Gasteiger partial charge >= 0.3 is 12.0 Å². The number of aromatic nitrogens is 3. The van der Waals surface area contributed by atoms with E-state index in [2.05, 4.69) is 25.8 Å². The molecular formula is C16H13FIN5O3. The zero-order chi connectivity index (χ0) is 18.7. The Labute approximate surface area is 161 Å². The SMILES string of the molecule is CC(Nc1nnc(-c2ccncc2Nc2ccc(I)cc2F)o1)C(=O)O. The van der Waals surface area contributed by atoms with Crippen molar-refractivity contribution in [3.05, 3.63) is 46.0 Å². The van der Waals surface area contributed by atoms with Crippen LogP contribution in [0, 0.1) is 9.39 Å². The number of nitrogens with zero attached hydrogens (tertiary/aromatic N) is 3. The van der Waals surface area contributed by atoms with Gasteiger partial charge in [0.2, 0.25) is 0 Å². The van der Waals surface area contributed by atoms with Gasteiger partial charge in [0, 0.05) is 9.77 Å². The summed E-state index contributed by atoms with van der Waals surface area (Å²) < 4.78 is 20.3. The minimum Gasteiger partial charge on any atom is -0.480 e. The Hall–Kier alpha value is -2.76. The summed E-state index contributed by atoms with van der Waals surface area (Å²) in [6.45, 7) is 1.45. The van der Waals surface area contributed by atoms with Gasteiger partial charge in [-0.05, 0) is 53.8 Å². The van der Waals surface area contributed by atoms with Crippen LogP contribution in [0.15, 0.2) is 41.1 Å². The molecule has 0 aliphatic rings. The van der Waals surface area contributed by atoms with E-state index >= 15 is 0 Å². The highest BCUT2D eigenvalue weighted by Gasteiger charge is 2.17. The summed E-state index contributed by atoms with van der Waals surface area (Å²) in [4.78, 5) is 14.9. The van der Waals surface area contributed by atoms with Crippen LogP contribution in [0.4, 0.5) is 21.8 Å².